The average molecular weight is 383 g/mol. The maximum Gasteiger partial charge on any atom is 0.323 e. The highest BCUT2D eigenvalue weighted by Crippen LogP contribution is 2.24. The summed E-state index contributed by atoms with van der Waals surface area (Å²) in [5.74, 6) is 0.497. The summed E-state index contributed by atoms with van der Waals surface area (Å²) in [6, 6.07) is 5.87. The van der Waals surface area contributed by atoms with Gasteiger partial charge in [-0.3, -0.25) is 5.32 Å². The summed E-state index contributed by atoms with van der Waals surface area (Å²) in [5.41, 5.74) is 1.53. The van der Waals surface area contributed by atoms with Gasteiger partial charge in [-0.05, 0) is 33.0 Å². The summed E-state index contributed by atoms with van der Waals surface area (Å²) in [4.78, 5) is 25.6. The van der Waals surface area contributed by atoms with Gasteiger partial charge in [-0.2, -0.15) is 0 Å². The molecule has 1 fully saturated rings. The number of aromatic nitrogens is 4. The van der Waals surface area contributed by atoms with Gasteiger partial charge in [-0.1, -0.05) is 11.3 Å². The van der Waals surface area contributed by atoms with Crippen molar-refractivity contribution in [3.8, 4) is 10.7 Å². The highest BCUT2D eigenvalue weighted by molar-refractivity contribution is 7.14. The van der Waals surface area contributed by atoms with Crippen LogP contribution >= 0.6 is 11.3 Å². The van der Waals surface area contributed by atoms with E-state index in [1.165, 1.54) is 11.3 Å². The fourth-order valence-corrected chi connectivity index (χ4v) is 3.69. The topological polar surface area (TPSA) is 87.1 Å². The lowest BCUT2D eigenvalue weighted by Gasteiger charge is -2.37. The normalized spacial score (nSPS) is 18.0. The van der Waals surface area contributed by atoms with Gasteiger partial charge in [0, 0.05) is 43.3 Å². The van der Waals surface area contributed by atoms with Crippen molar-refractivity contribution in [2.75, 3.05) is 32.0 Å². The lowest BCUT2D eigenvalue weighted by molar-refractivity contribution is 0.125. The number of nitrogens with zero attached hydrogens (tertiary/aromatic N) is 6. The lowest BCUT2D eigenvalue weighted by atomic mass is 10.2. The quantitative estimate of drug-likeness (QED) is 0.732. The molecule has 1 atom stereocenters. The molecule has 0 aromatic carbocycles. The fourth-order valence-electron chi connectivity index (χ4n) is 3.03. The molecule has 2 amide bonds. The van der Waals surface area contributed by atoms with Crippen LogP contribution in [0.4, 0.5) is 10.6 Å². The van der Waals surface area contributed by atoms with Crippen molar-refractivity contribution in [1.29, 1.82) is 0 Å². The number of fused-ring (bicyclic) bond motifs is 1. The molecule has 27 heavy (non-hydrogen) atoms. The number of nitrogens with one attached hydrogen (secondary N) is 1. The number of carbonyl (C=O) groups is 1. The van der Waals surface area contributed by atoms with Crippen molar-refractivity contribution < 1.29 is 4.79 Å². The fraction of sp³-hybridized carbons (Fsp3) is 0.389. The first-order valence-electron chi connectivity index (χ1n) is 8.83. The maximum atomic E-state index is 12.6. The van der Waals surface area contributed by atoms with Crippen LogP contribution < -0.4 is 5.32 Å². The Hall–Kier alpha value is -2.65. The number of urea groups is 1. The minimum atomic E-state index is -0.127. The van der Waals surface area contributed by atoms with Gasteiger partial charge in [0.05, 0.1) is 5.52 Å². The average Bonchev–Trinajstić information content (AvgIpc) is 3.09. The number of carbonyl (C=O) groups excluding carboxylic acids is 1. The Bertz CT molecular complexity index is 989. The van der Waals surface area contributed by atoms with Crippen molar-refractivity contribution in [2.24, 2.45) is 0 Å². The zero-order chi connectivity index (χ0) is 19.0. The van der Waals surface area contributed by atoms with Crippen LogP contribution in [0.3, 0.4) is 0 Å². The van der Waals surface area contributed by atoms with E-state index in [1.54, 1.807) is 12.3 Å². The molecule has 0 bridgehead atoms. The molecule has 0 radical (unpaired) electrons. The van der Waals surface area contributed by atoms with Gasteiger partial charge in [0.25, 0.3) is 0 Å². The van der Waals surface area contributed by atoms with Gasteiger partial charge < -0.3 is 9.80 Å². The summed E-state index contributed by atoms with van der Waals surface area (Å²) in [5, 5.41) is 13.7. The number of hydrogen-bond donors (Lipinski definition) is 1. The molecular formula is C18H21N7OS. The van der Waals surface area contributed by atoms with Crippen molar-refractivity contribution in [3.05, 3.63) is 29.4 Å². The Balaban J connectivity index is 1.54. The molecule has 0 aliphatic carbocycles. The molecular weight excluding hydrogens is 362 g/mol. The van der Waals surface area contributed by atoms with Crippen LogP contribution in [0.5, 0.6) is 0 Å². The summed E-state index contributed by atoms with van der Waals surface area (Å²) < 4.78 is 0. The zero-order valence-electron chi connectivity index (χ0n) is 15.5. The van der Waals surface area contributed by atoms with E-state index in [9.17, 15) is 4.79 Å². The predicted molar refractivity (Wildman–Crippen MR) is 106 cm³/mol. The summed E-state index contributed by atoms with van der Waals surface area (Å²) in [7, 11) is 2.08. The molecule has 1 aliphatic rings. The Labute approximate surface area is 161 Å². The molecule has 3 aromatic heterocycles. The molecule has 9 heteroatoms. The number of rotatable bonds is 2. The monoisotopic (exact) mass is 383 g/mol. The first-order chi connectivity index (χ1) is 13.0. The summed E-state index contributed by atoms with van der Waals surface area (Å²) >= 11 is 1.50. The number of aryl methyl sites for hydroxylation is 1. The smallest absolute Gasteiger partial charge is 0.322 e. The second kappa shape index (κ2) is 7.16. The Kier molecular flexibility index (Phi) is 4.71. The molecule has 0 saturated carbocycles. The Morgan fingerprint density at radius 1 is 1.30 bits per heavy atom. The van der Waals surface area contributed by atoms with E-state index in [4.69, 9.17) is 0 Å². The van der Waals surface area contributed by atoms with Gasteiger partial charge in [-0.25, -0.2) is 14.8 Å². The highest BCUT2D eigenvalue weighted by Gasteiger charge is 2.24. The second-order valence-corrected chi connectivity index (χ2v) is 7.97. The number of anilines is 1. The molecule has 1 aliphatic heterocycles. The molecule has 0 unspecified atom stereocenters. The third-order valence-corrected chi connectivity index (χ3v) is 5.66. The first kappa shape index (κ1) is 17.7. The van der Waals surface area contributed by atoms with Gasteiger partial charge in [0.1, 0.15) is 16.5 Å². The molecule has 8 nitrogen and oxygen atoms in total. The number of pyridine rings is 2. The van der Waals surface area contributed by atoms with E-state index in [2.05, 4.69) is 44.4 Å². The van der Waals surface area contributed by atoms with Crippen molar-refractivity contribution in [1.82, 2.24) is 30.0 Å². The number of amides is 2. The van der Waals surface area contributed by atoms with Crippen LogP contribution in [0.1, 0.15) is 11.9 Å². The molecule has 1 N–H and O–H groups in total. The summed E-state index contributed by atoms with van der Waals surface area (Å²) in [6.07, 6.45) is 1.72. The molecule has 4 heterocycles. The van der Waals surface area contributed by atoms with Crippen LogP contribution in [0.2, 0.25) is 0 Å². The number of likely N-dealkylation sites (N-methyl/N-ethyl adjacent to an activating group) is 1. The molecule has 0 spiro atoms. The van der Waals surface area contributed by atoms with Gasteiger partial charge >= 0.3 is 6.03 Å². The van der Waals surface area contributed by atoms with Crippen LogP contribution in [0, 0.1) is 6.92 Å². The third kappa shape index (κ3) is 3.74. The van der Waals surface area contributed by atoms with E-state index in [0.29, 0.717) is 24.9 Å². The Morgan fingerprint density at radius 2 is 2.15 bits per heavy atom. The van der Waals surface area contributed by atoms with E-state index in [1.807, 2.05) is 24.0 Å². The third-order valence-electron chi connectivity index (χ3n) is 4.80. The SMILES string of the molecule is Cc1nnc(-c2ccc3cnc(NC(=O)N4CCN(C)[C@H](C)C4)cc3n2)s1. The van der Waals surface area contributed by atoms with E-state index in [0.717, 1.165) is 33.2 Å². The van der Waals surface area contributed by atoms with E-state index < -0.39 is 0 Å². The first-order valence-corrected chi connectivity index (χ1v) is 9.65. The van der Waals surface area contributed by atoms with Crippen molar-refractivity contribution in [2.45, 2.75) is 19.9 Å². The standard InChI is InChI=1S/C18H21N7OS/c1-11-10-25(7-6-24(11)3)18(26)21-16-8-15-13(9-19-16)4-5-14(20-15)17-23-22-12(2)27-17/h4-5,8-9,11H,6-7,10H2,1-3H3,(H,19,21,26)/t11-/m1/s1. The predicted octanol–water partition coefficient (Wildman–Crippen LogP) is 2.62. The van der Waals surface area contributed by atoms with Crippen molar-refractivity contribution in [3.63, 3.8) is 0 Å². The van der Waals surface area contributed by atoms with Crippen molar-refractivity contribution >= 4 is 34.1 Å². The minimum Gasteiger partial charge on any atom is -0.322 e. The minimum absolute atomic E-state index is 0.127. The number of hydrogen-bond acceptors (Lipinski definition) is 7. The van der Waals surface area contributed by atoms with E-state index >= 15 is 0 Å². The Morgan fingerprint density at radius 3 is 2.89 bits per heavy atom. The number of piperazine rings is 1. The molecule has 140 valence electrons. The van der Waals surface area contributed by atoms with Crippen LogP contribution in [0.15, 0.2) is 24.4 Å². The van der Waals surface area contributed by atoms with Gasteiger partial charge in [0.15, 0.2) is 5.01 Å². The van der Waals surface area contributed by atoms with Crippen LogP contribution in [-0.4, -0.2) is 68.7 Å². The molecule has 3 aromatic rings. The lowest BCUT2D eigenvalue weighted by Crippen LogP contribution is -2.53. The van der Waals surface area contributed by atoms with Gasteiger partial charge in [0.2, 0.25) is 0 Å². The van der Waals surface area contributed by atoms with Crippen LogP contribution in [-0.2, 0) is 0 Å². The highest BCUT2D eigenvalue weighted by atomic mass is 32.1. The maximum absolute atomic E-state index is 12.6. The van der Waals surface area contributed by atoms with E-state index in [-0.39, 0.29) is 6.03 Å². The molecule has 4 rings (SSSR count). The second-order valence-electron chi connectivity index (χ2n) is 6.79. The molecule has 1 saturated heterocycles. The van der Waals surface area contributed by atoms with Crippen LogP contribution in [0.25, 0.3) is 21.6 Å². The van der Waals surface area contributed by atoms with Gasteiger partial charge in [-0.15, -0.1) is 10.2 Å². The summed E-state index contributed by atoms with van der Waals surface area (Å²) in [6.45, 7) is 6.31. The zero-order valence-corrected chi connectivity index (χ0v) is 16.3. The largest absolute Gasteiger partial charge is 0.323 e.